The lowest BCUT2D eigenvalue weighted by molar-refractivity contribution is -0.123. The molecular weight excluding hydrogens is 566 g/mol. The summed E-state index contributed by atoms with van der Waals surface area (Å²) < 4.78 is 8.31. The number of thioether (sulfide) groups is 1. The highest BCUT2D eigenvalue weighted by Gasteiger charge is 2.35. The number of imide groups is 1. The van der Waals surface area contributed by atoms with E-state index in [4.69, 9.17) is 16.3 Å². The third kappa shape index (κ3) is 5.39. The number of carbonyl (C=O) groups excluding carboxylic acids is 3. The summed E-state index contributed by atoms with van der Waals surface area (Å²) in [7, 11) is 0. The Bertz CT molecular complexity index is 1380. The number of benzene rings is 2. The van der Waals surface area contributed by atoms with E-state index in [-0.39, 0.29) is 36.2 Å². The normalized spacial score (nSPS) is 19.1. The molecule has 1 atom stereocenters. The SMILES string of the molecule is O=C(Cn1cc(/C=C2\SC(=O)N(Cc3ccccc3Cl)C2=O)c2cc(Br)ccc21)NC[C@@H]1CCCO1. The second-order valence-electron chi connectivity index (χ2n) is 8.67. The van der Waals surface area contributed by atoms with Crippen molar-refractivity contribution in [2.45, 2.75) is 32.0 Å². The van der Waals surface area contributed by atoms with Crippen LogP contribution in [0.1, 0.15) is 24.0 Å². The number of halogens is 2. The van der Waals surface area contributed by atoms with Gasteiger partial charge in [-0.05, 0) is 60.5 Å². The first-order valence-electron chi connectivity index (χ1n) is 11.5. The fraction of sp³-hybridized carbons (Fsp3) is 0.269. The Labute approximate surface area is 225 Å². The quantitative estimate of drug-likeness (QED) is 0.364. The van der Waals surface area contributed by atoms with Gasteiger partial charge in [-0.15, -0.1) is 0 Å². The Balaban J connectivity index is 1.38. The summed E-state index contributed by atoms with van der Waals surface area (Å²) in [4.78, 5) is 39.9. The minimum absolute atomic E-state index is 0.0725. The molecule has 2 fully saturated rings. The van der Waals surface area contributed by atoms with Gasteiger partial charge in [0, 0.05) is 45.3 Å². The summed E-state index contributed by atoms with van der Waals surface area (Å²) >= 11 is 10.6. The van der Waals surface area contributed by atoms with Gasteiger partial charge < -0.3 is 14.6 Å². The van der Waals surface area contributed by atoms with Gasteiger partial charge in [0.25, 0.3) is 11.1 Å². The molecular formula is C26H23BrClN3O4S. The Morgan fingerprint density at radius 1 is 1.25 bits per heavy atom. The zero-order valence-corrected chi connectivity index (χ0v) is 22.4. The highest BCUT2D eigenvalue weighted by Crippen LogP contribution is 2.36. The van der Waals surface area contributed by atoms with Crippen LogP contribution in [0.15, 0.2) is 58.0 Å². The zero-order chi connectivity index (χ0) is 25.2. The number of rotatable bonds is 7. The van der Waals surface area contributed by atoms with Crippen molar-refractivity contribution in [3.8, 4) is 0 Å². The molecule has 0 radical (unpaired) electrons. The van der Waals surface area contributed by atoms with Gasteiger partial charge in [0.15, 0.2) is 0 Å². The second kappa shape index (κ2) is 10.8. The Hall–Kier alpha value is -2.59. The first-order valence-corrected chi connectivity index (χ1v) is 13.5. The monoisotopic (exact) mass is 587 g/mol. The molecule has 0 bridgehead atoms. The molecule has 0 saturated carbocycles. The molecule has 2 saturated heterocycles. The van der Waals surface area contributed by atoms with Crippen LogP contribution in [0.25, 0.3) is 17.0 Å². The van der Waals surface area contributed by atoms with E-state index in [1.807, 2.05) is 35.0 Å². The largest absolute Gasteiger partial charge is 0.376 e. The third-order valence-corrected chi connectivity index (χ3v) is 7.95. The predicted molar refractivity (Wildman–Crippen MR) is 145 cm³/mol. The van der Waals surface area contributed by atoms with E-state index in [1.165, 1.54) is 4.90 Å². The van der Waals surface area contributed by atoms with E-state index >= 15 is 0 Å². The first-order chi connectivity index (χ1) is 17.4. The van der Waals surface area contributed by atoms with Gasteiger partial charge in [0.05, 0.1) is 17.6 Å². The maximum Gasteiger partial charge on any atom is 0.293 e. The summed E-state index contributed by atoms with van der Waals surface area (Å²) in [6, 6.07) is 12.9. The molecule has 36 heavy (non-hydrogen) atoms. The molecule has 2 aliphatic rings. The predicted octanol–water partition coefficient (Wildman–Crippen LogP) is 5.59. The van der Waals surface area contributed by atoms with Crippen molar-refractivity contribution in [2.75, 3.05) is 13.2 Å². The van der Waals surface area contributed by atoms with E-state index in [0.29, 0.717) is 22.0 Å². The number of ether oxygens (including phenoxy) is 1. The summed E-state index contributed by atoms with van der Waals surface area (Å²) in [6.45, 7) is 1.48. The highest BCUT2D eigenvalue weighted by molar-refractivity contribution is 9.10. The third-order valence-electron chi connectivity index (χ3n) is 6.19. The minimum Gasteiger partial charge on any atom is -0.376 e. The Kier molecular flexibility index (Phi) is 7.52. The van der Waals surface area contributed by atoms with Crippen molar-refractivity contribution in [3.05, 3.63) is 74.2 Å². The topological polar surface area (TPSA) is 80.6 Å². The lowest BCUT2D eigenvalue weighted by atomic mass is 10.1. The van der Waals surface area contributed by atoms with Crippen LogP contribution in [0.4, 0.5) is 4.79 Å². The molecule has 7 nitrogen and oxygen atoms in total. The van der Waals surface area contributed by atoms with Crippen LogP contribution in [0.3, 0.4) is 0 Å². The number of nitrogens with zero attached hydrogens (tertiary/aromatic N) is 2. The number of aromatic nitrogens is 1. The molecule has 0 unspecified atom stereocenters. The molecule has 3 heterocycles. The molecule has 5 rings (SSSR count). The molecule has 1 N–H and O–H groups in total. The van der Waals surface area contributed by atoms with Crippen LogP contribution in [0.5, 0.6) is 0 Å². The number of carbonyl (C=O) groups is 3. The second-order valence-corrected chi connectivity index (χ2v) is 11.0. The minimum atomic E-state index is -0.366. The zero-order valence-electron chi connectivity index (χ0n) is 19.2. The molecule has 2 aromatic carbocycles. The molecule has 3 aromatic rings. The van der Waals surface area contributed by atoms with Gasteiger partial charge in [0.1, 0.15) is 6.54 Å². The van der Waals surface area contributed by atoms with Gasteiger partial charge in [-0.2, -0.15) is 0 Å². The molecule has 2 aliphatic heterocycles. The van der Waals surface area contributed by atoms with Crippen LogP contribution in [0, 0.1) is 0 Å². The summed E-state index contributed by atoms with van der Waals surface area (Å²) in [5.41, 5.74) is 2.31. The molecule has 186 valence electrons. The lowest BCUT2D eigenvalue weighted by Crippen LogP contribution is -2.34. The van der Waals surface area contributed by atoms with Gasteiger partial charge >= 0.3 is 0 Å². The average Bonchev–Trinajstić information content (AvgIpc) is 3.55. The van der Waals surface area contributed by atoms with E-state index in [1.54, 1.807) is 24.3 Å². The summed E-state index contributed by atoms with van der Waals surface area (Å²) in [6.07, 6.45) is 5.60. The highest BCUT2D eigenvalue weighted by atomic mass is 79.9. The van der Waals surface area contributed by atoms with Crippen LogP contribution >= 0.6 is 39.3 Å². The number of hydrogen-bond donors (Lipinski definition) is 1. The molecule has 0 spiro atoms. The van der Waals surface area contributed by atoms with E-state index in [2.05, 4.69) is 21.2 Å². The van der Waals surface area contributed by atoms with Crippen molar-refractivity contribution in [2.24, 2.45) is 0 Å². The van der Waals surface area contributed by atoms with E-state index < -0.39 is 0 Å². The Morgan fingerprint density at radius 2 is 2.08 bits per heavy atom. The van der Waals surface area contributed by atoms with Gasteiger partial charge in [0.2, 0.25) is 5.91 Å². The molecule has 0 aliphatic carbocycles. The average molecular weight is 589 g/mol. The maximum absolute atomic E-state index is 13.1. The van der Waals surface area contributed by atoms with Crippen molar-refractivity contribution in [3.63, 3.8) is 0 Å². The van der Waals surface area contributed by atoms with E-state index in [9.17, 15) is 14.4 Å². The summed E-state index contributed by atoms with van der Waals surface area (Å²) in [5.74, 6) is -0.480. The molecule has 3 amide bonds. The molecule has 1 aromatic heterocycles. The van der Waals surface area contributed by atoms with Crippen LogP contribution in [-0.4, -0.2) is 45.8 Å². The molecule has 10 heteroatoms. The standard InChI is InChI=1S/C26H23BrClN3O4S/c27-18-7-8-22-20(11-18)17(13-30(22)15-24(32)29-12-19-5-3-9-35-19)10-23-25(33)31(26(34)36-23)14-16-4-1-2-6-21(16)28/h1-2,4,6-8,10-11,13,19H,3,5,9,12,14-15H2,(H,29,32)/b23-10-/t19-/m0/s1. The van der Waals surface area contributed by atoms with Crippen LogP contribution in [0.2, 0.25) is 5.02 Å². The maximum atomic E-state index is 13.1. The summed E-state index contributed by atoms with van der Waals surface area (Å²) in [5, 5.41) is 3.98. The number of nitrogens with one attached hydrogen (secondary N) is 1. The van der Waals surface area contributed by atoms with Gasteiger partial charge in [-0.1, -0.05) is 45.7 Å². The fourth-order valence-corrected chi connectivity index (χ4v) is 5.75. The van der Waals surface area contributed by atoms with Crippen molar-refractivity contribution >= 4 is 73.3 Å². The van der Waals surface area contributed by atoms with E-state index in [0.717, 1.165) is 52.1 Å². The van der Waals surface area contributed by atoms with Crippen molar-refractivity contribution in [1.82, 2.24) is 14.8 Å². The smallest absolute Gasteiger partial charge is 0.293 e. The number of fused-ring (bicyclic) bond motifs is 1. The Morgan fingerprint density at radius 3 is 2.86 bits per heavy atom. The number of amides is 3. The lowest BCUT2D eigenvalue weighted by Gasteiger charge is -2.13. The van der Waals surface area contributed by atoms with Gasteiger partial charge in [-0.3, -0.25) is 19.3 Å². The van der Waals surface area contributed by atoms with Crippen molar-refractivity contribution < 1.29 is 19.1 Å². The van der Waals surface area contributed by atoms with Crippen LogP contribution < -0.4 is 5.32 Å². The fourth-order valence-electron chi connectivity index (χ4n) is 4.36. The first kappa shape index (κ1) is 25.1. The number of hydrogen-bond acceptors (Lipinski definition) is 5. The van der Waals surface area contributed by atoms with Crippen molar-refractivity contribution in [1.29, 1.82) is 0 Å². The van der Waals surface area contributed by atoms with Crippen LogP contribution in [-0.2, 0) is 27.4 Å². The van der Waals surface area contributed by atoms with Gasteiger partial charge in [-0.25, -0.2) is 0 Å².